The average molecular weight is 272 g/mol. The molecule has 0 aliphatic heterocycles. The first kappa shape index (κ1) is 13.4. The molecule has 0 saturated carbocycles. The number of halogens is 1. The Morgan fingerprint density at radius 1 is 1.31 bits per heavy atom. The van der Waals surface area contributed by atoms with Crippen LogP contribution in [0.2, 0.25) is 0 Å². The van der Waals surface area contributed by atoms with E-state index >= 15 is 0 Å². The monoisotopic (exact) mass is 271 g/mol. The van der Waals surface area contributed by atoms with E-state index < -0.39 is 14.8 Å². The lowest BCUT2D eigenvalue weighted by Gasteiger charge is -2.26. The van der Waals surface area contributed by atoms with Crippen LogP contribution in [0.5, 0.6) is 0 Å². The number of hydrogen-bond acceptors (Lipinski definition) is 2. The van der Waals surface area contributed by atoms with Gasteiger partial charge in [-0.1, -0.05) is 15.9 Å². The van der Waals surface area contributed by atoms with Gasteiger partial charge in [-0.3, -0.25) is 0 Å². The van der Waals surface area contributed by atoms with E-state index in [1.165, 1.54) is 4.31 Å². The van der Waals surface area contributed by atoms with Crippen molar-refractivity contribution in [3.63, 3.8) is 0 Å². The lowest BCUT2D eigenvalue weighted by atomic mass is 10.3. The van der Waals surface area contributed by atoms with E-state index in [1.807, 2.05) is 0 Å². The van der Waals surface area contributed by atoms with Crippen molar-refractivity contribution in [2.75, 3.05) is 18.9 Å². The van der Waals surface area contributed by atoms with Crippen molar-refractivity contribution in [2.45, 2.75) is 31.9 Å². The van der Waals surface area contributed by atoms with Crippen LogP contribution in [0.3, 0.4) is 0 Å². The maximum atomic E-state index is 11.8. The zero-order chi connectivity index (χ0) is 10.7. The lowest BCUT2D eigenvalue weighted by molar-refractivity contribution is 0.445. The molecule has 0 aromatic heterocycles. The maximum absolute atomic E-state index is 11.8. The third kappa shape index (κ3) is 3.56. The fourth-order valence-electron chi connectivity index (χ4n) is 0.870. The summed E-state index contributed by atoms with van der Waals surface area (Å²) in [6.45, 7) is 5.72. The van der Waals surface area contributed by atoms with Crippen molar-refractivity contribution < 1.29 is 8.42 Å². The number of nitrogens with zero attached hydrogens (tertiary/aromatic N) is 1. The van der Waals surface area contributed by atoms with Crippen LogP contribution < -0.4 is 0 Å². The summed E-state index contributed by atoms with van der Waals surface area (Å²) in [5.74, 6) is 0. The molecule has 5 heteroatoms. The molecular weight excluding hydrogens is 254 g/mol. The number of sulfonamides is 1. The molecule has 0 N–H and O–H groups in total. The normalized spacial score (nSPS) is 13.7. The van der Waals surface area contributed by atoms with Crippen LogP contribution in [0.15, 0.2) is 0 Å². The van der Waals surface area contributed by atoms with Gasteiger partial charge in [-0.25, -0.2) is 12.7 Å². The van der Waals surface area contributed by atoms with Crippen LogP contribution in [0, 0.1) is 0 Å². The van der Waals surface area contributed by atoms with Crippen molar-refractivity contribution in [1.82, 2.24) is 4.31 Å². The molecule has 0 aliphatic carbocycles. The van der Waals surface area contributed by atoms with Crippen LogP contribution in [-0.2, 0) is 10.0 Å². The van der Waals surface area contributed by atoms with Crippen LogP contribution in [0.1, 0.15) is 27.2 Å². The van der Waals surface area contributed by atoms with E-state index in [0.29, 0.717) is 6.54 Å². The molecule has 0 heterocycles. The van der Waals surface area contributed by atoms with Crippen LogP contribution in [0.25, 0.3) is 0 Å². The van der Waals surface area contributed by atoms with Crippen molar-refractivity contribution in [3.05, 3.63) is 0 Å². The predicted molar refractivity (Wildman–Crippen MR) is 59.7 cm³/mol. The Morgan fingerprint density at radius 2 is 1.77 bits per heavy atom. The Labute approximate surface area is 89.7 Å². The standard InChI is InChI=1S/C8H18BrNO2S/c1-8(2,3)13(11,12)10(4)7-5-6-9/h5-7H2,1-4H3. The molecule has 0 aromatic rings. The topological polar surface area (TPSA) is 37.4 Å². The lowest BCUT2D eigenvalue weighted by Crippen LogP contribution is -2.41. The number of alkyl halides is 1. The first-order valence-electron chi connectivity index (χ1n) is 4.25. The summed E-state index contributed by atoms with van der Waals surface area (Å²) >= 11 is 3.27. The molecule has 0 fully saturated rings. The quantitative estimate of drug-likeness (QED) is 0.732. The van der Waals surface area contributed by atoms with Gasteiger partial charge < -0.3 is 0 Å². The van der Waals surface area contributed by atoms with E-state index in [9.17, 15) is 8.42 Å². The van der Waals surface area contributed by atoms with E-state index in [2.05, 4.69) is 15.9 Å². The minimum absolute atomic E-state index is 0.574. The molecule has 0 aliphatic rings. The maximum Gasteiger partial charge on any atom is 0.218 e. The van der Waals surface area contributed by atoms with E-state index in [-0.39, 0.29) is 0 Å². The van der Waals surface area contributed by atoms with Crippen LogP contribution >= 0.6 is 15.9 Å². The van der Waals surface area contributed by atoms with Gasteiger partial charge in [-0.05, 0) is 27.2 Å². The molecule has 0 amide bonds. The van der Waals surface area contributed by atoms with Gasteiger partial charge in [0.1, 0.15) is 0 Å². The van der Waals surface area contributed by atoms with Gasteiger partial charge in [0.05, 0.1) is 4.75 Å². The van der Waals surface area contributed by atoms with Crippen molar-refractivity contribution in [3.8, 4) is 0 Å². The minimum Gasteiger partial charge on any atom is -0.212 e. The van der Waals surface area contributed by atoms with Crippen LogP contribution in [-0.4, -0.2) is 36.4 Å². The summed E-state index contributed by atoms with van der Waals surface area (Å²) in [5.41, 5.74) is 0. The second kappa shape index (κ2) is 4.75. The first-order valence-corrected chi connectivity index (χ1v) is 6.81. The highest BCUT2D eigenvalue weighted by Gasteiger charge is 2.32. The molecule has 0 aromatic carbocycles. The van der Waals surface area contributed by atoms with Gasteiger partial charge in [0.2, 0.25) is 10.0 Å². The zero-order valence-electron chi connectivity index (χ0n) is 8.67. The van der Waals surface area contributed by atoms with Crippen molar-refractivity contribution >= 4 is 26.0 Å². The molecule has 0 unspecified atom stereocenters. The largest absolute Gasteiger partial charge is 0.218 e. The van der Waals surface area contributed by atoms with Gasteiger partial charge in [0.25, 0.3) is 0 Å². The molecular formula is C8H18BrNO2S. The molecule has 3 nitrogen and oxygen atoms in total. The molecule has 0 atom stereocenters. The SMILES string of the molecule is CN(CCCBr)S(=O)(=O)C(C)(C)C. The van der Waals surface area contributed by atoms with Gasteiger partial charge in [-0.15, -0.1) is 0 Å². The summed E-state index contributed by atoms with van der Waals surface area (Å²) < 4.78 is 24.3. The van der Waals surface area contributed by atoms with Crippen LogP contribution in [0.4, 0.5) is 0 Å². The Morgan fingerprint density at radius 3 is 2.08 bits per heavy atom. The smallest absolute Gasteiger partial charge is 0.212 e. The fraction of sp³-hybridized carbons (Fsp3) is 1.00. The molecule has 0 bridgehead atoms. The second-order valence-electron chi connectivity index (χ2n) is 3.98. The summed E-state index contributed by atoms with van der Waals surface area (Å²) in [6.07, 6.45) is 0.839. The third-order valence-corrected chi connectivity index (χ3v) is 4.90. The Kier molecular flexibility index (Phi) is 4.90. The van der Waals surface area contributed by atoms with Crippen molar-refractivity contribution in [2.24, 2.45) is 0 Å². The summed E-state index contributed by atoms with van der Waals surface area (Å²) in [6, 6.07) is 0. The zero-order valence-corrected chi connectivity index (χ0v) is 11.1. The van der Waals surface area contributed by atoms with Crippen molar-refractivity contribution in [1.29, 1.82) is 0 Å². The number of hydrogen-bond donors (Lipinski definition) is 0. The first-order chi connectivity index (χ1) is 5.73. The molecule has 0 spiro atoms. The minimum atomic E-state index is -3.14. The fourth-order valence-corrected chi connectivity index (χ4v) is 2.43. The Hall–Kier alpha value is 0.390. The molecule has 13 heavy (non-hydrogen) atoms. The molecule has 0 rings (SSSR count). The Balaban J connectivity index is 4.48. The predicted octanol–water partition coefficient (Wildman–Crippen LogP) is 1.83. The van der Waals surface area contributed by atoms with E-state index in [4.69, 9.17) is 0 Å². The van der Waals surface area contributed by atoms with E-state index in [1.54, 1.807) is 27.8 Å². The molecule has 80 valence electrons. The second-order valence-corrected chi connectivity index (χ2v) is 7.57. The highest BCUT2D eigenvalue weighted by Crippen LogP contribution is 2.18. The highest BCUT2D eigenvalue weighted by atomic mass is 79.9. The Bertz CT molecular complexity index is 243. The average Bonchev–Trinajstić information content (AvgIpc) is 1.97. The van der Waals surface area contributed by atoms with Gasteiger partial charge in [-0.2, -0.15) is 0 Å². The van der Waals surface area contributed by atoms with E-state index in [0.717, 1.165) is 11.8 Å². The molecule has 0 radical (unpaired) electrons. The van der Waals surface area contributed by atoms with Gasteiger partial charge in [0, 0.05) is 18.9 Å². The summed E-state index contributed by atoms with van der Waals surface area (Å²) in [4.78, 5) is 0. The summed E-state index contributed by atoms with van der Waals surface area (Å²) in [5, 5.41) is 0.830. The molecule has 0 saturated heterocycles. The van der Waals surface area contributed by atoms with Gasteiger partial charge >= 0.3 is 0 Å². The third-order valence-electron chi connectivity index (χ3n) is 1.79. The summed E-state index contributed by atoms with van der Waals surface area (Å²) in [7, 11) is -1.51. The highest BCUT2D eigenvalue weighted by molar-refractivity contribution is 9.09. The van der Waals surface area contributed by atoms with Gasteiger partial charge in [0.15, 0.2) is 0 Å². The number of rotatable bonds is 4.